The molecule has 0 aromatic carbocycles. The van der Waals surface area contributed by atoms with Crippen molar-refractivity contribution < 1.29 is 43.5 Å². The van der Waals surface area contributed by atoms with Crippen LogP contribution < -0.4 is 11.1 Å². The Labute approximate surface area is 450 Å². The maximum Gasteiger partial charge on any atom is 0.330 e. The van der Waals surface area contributed by atoms with Crippen molar-refractivity contribution in [3.05, 3.63) is 21.8 Å². The van der Waals surface area contributed by atoms with E-state index in [0.29, 0.717) is 48.7 Å². The minimum absolute atomic E-state index is 0. The van der Waals surface area contributed by atoms with E-state index < -0.39 is 11.4 Å². The maximum absolute atomic E-state index is 11.7. The second-order valence-corrected chi connectivity index (χ2v) is 25.9. The number of nitrogens with zero attached hydrogens (tertiary/aromatic N) is 1. The van der Waals surface area contributed by atoms with Crippen molar-refractivity contribution >= 4 is 42.0 Å². The van der Waals surface area contributed by atoms with Crippen LogP contribution in [0.2, 0.25) is 0 Å². The van der Waals surface area contributed by atoms with Gasteiger partial charge < -0.3 is 25.6 Å². The average molecular weight is 1060 g/mol. The molecule has 0 radical (unpaired) electrons. The summed E-state index contributed by atoms with van der Waals surface area (Å²) in [5, 5.41) is 22.9. The number of halogens is 1. The molecule has 13 nitrogen and oxygen atoms in total. The van der Waals surface area contributed by atoms with Gasteiger partial charge in [0.2, 0.25) is 12.5 Å². The number of hydrogen-bond donors (Lipinski definition) is 3. The molecule has 10 saturated carbocycles. The number of carboxylic acid groups (broad SMARTS) is 1. The lowest BCUT2D eigenvalue weighted by Gasteiger charge is -2.25. The fraction of sp³-hybridized carbons (Fsp3) is 0.883. The summed E-state index contributed by atoms with van der Waals surface area (Å²) in [5.74, 6) is 7.64. The summed E-state index contributed by atoms with van der Waals surface area (Å²) >= 11 is 0. The Balaban J connectivity index is 0.000000152. The van der Waals surface area contributed by atoms with Gasteiger partial charge in [0, 0.05) is 42.2 Å². The smallest absolute Gasteiger partial charge is 0.330 e. The van der Waals surface area contributed by atoms with Crippen molar-refractivity contribution in [2.24, 2.45) is 81.2 Å². The van der Waals surface area contributed by atoms with Crippen LogP contribution in [0.25, 0.3) is 0 Å². The molecule has 1 spiro atoms. The van der Waals surface area contributed by atoms with E-state index >= 15 is 0 Å². The van der Waals surface area contributed by atoms with E-state index in [-0.39, 0.29) is 54.1 Å². The van der Waals surface area contributed by atoms with Crippen LogP contribution in [0.4, 0.5) is 0 Å². The number of rotatable bonds is 10. The fourth-order valence-electron chi connectivity index (χ4n) is 17.5. The molecule has 11 aliphatic rings. The number of nitrogens with one attached hydrogen (secondary N) is 1. The van der Waals surface area contributed by atoms with Gasteiger partial charge in [-0.1, -0.05) is 108 Å². The molecule has 11 rings (SSSR count). The highest BCUT2D eigenvalue weighted by molar-refractivity contribution is 5.85. The van der Waals surface area contributed by atoms with Crippen LogP contribution >= 0.6 is 12.4 Å². The van der Waals surface area contributed by atoms with Crippen molar-refractivity contribution in [1.29, 1.82) is 0 Å². The van der Waals surface area contributed by atoms with E-state index in [0.717, 1.165) is 112 Å². The quantitative estimate of drug-likeness (QED) is 0.0812. The third-order valence-corrected chi connectivity index (χ3v) is 20.6. The first-order valence-electron chi connectivity index (χ1n) is 30.0. The van der Waals surface area contributed by atoms with Crippen LogP contribution in [0, 0.1) is 85.5 Å². The summed E-state index contributed by atoms with van der Waals surface area (Å²) in [5.41, 5.74) is 6.99. The summed E-state index contributed by atoms with van der Waals surface area (Å²) in [7, 11) is 0. The van der Waals surface area contributed by atoms with Crippen molar-refractivity contribution in [2.45, 2.75) is 226 Å². The Hall–Kier alpha value is -3.06. The highest BCUT2D eigenvalue weighted by Crippen LogP contribution is 2.56. The van der Waals surface area contributed by atoms with Crippen LogP contribution in [0.1, 0.15) is 226 Å². The Kier molecular flexibility index (Phi) is 23.2. The van der Waals surface area contributed by atoms with Gasteiger partial charge in [-0.2, -0.15) is 0 Å². The minimum Gasteiger partial charge on any atom is -0.481 e. The molecule has 10 atom stereocenters. The molecule has 1 saturated heterocycles. The number of Topliss-reactive ketones (excluding diaryl/α,β-unsaturated/α-hetero) is 1. The molecule has 0 aromatic heterocycles. The van der Waals surface area contributed by atoms with Gasteiger partial charge in [-0.25, -0.2) is 4.79 Å². The van der Waals surface area contributed by atoms with Gasteiger partial charge in [0.05, 0.1) is 26.1 Å². The van der Waals surface area contributed by atoms with Gasteiger partial charge in [0.15, 0.2) is 0 Å². The van der Waals surface area contributed by atoms with Crippen molar-refractivity contribution in [3.63, 3.8) is 0 Å². The van der Waals surface area contributed by atoms with Gasteiger partial charge in [0.25, 0.3) is 0 Å². The molecule has 1 aliphatic heterocycles. The van der Waals surface area contributed by atoms with Crippen molar-refractivity contribution in [2.75, 3.05) is 32.8 Å². The number of amides is 1. The first-order valence-corrected chi connectivity index (χ1v) is 30.0. The average Bonchev–Trinajstić information content (AvgIpc) is 4.21. The zero-order chi connectivity index (χ0) is 52.0. The molecule has 1 amide bonds. The first-order chi connectivity index (χ1) is 35.1. The zero-order valence-electron chi connectivity index (χ0n) is 45.8. The molecule has 11 fully saturated rings. The predicted molar refractivity (Wildman–Crippen MR) is 290 cm³/mol. The number of hydrogen-bond acceptors (Lipinski definition) is 10. The van der Waals surface area contributed by atoms with Crippen LogP contribution in [-0.4, -0.2) is 72.5 Å². The molecular weight excluding hydrogens is 958 g/mol. The number of allylic oxidation sites excluding steroid dienone is 1. The Morgan fingerprint density at radius 2 is 1.01 bits per heavy atom. The zero-order valence-corrected chi connectivity index (χ0v) is 46.6. The number of esters is 2. The normalized spacial score (nSPS) is 33.1. The Morgan fingerprint density at radius 3 is 1.38 bits per heavy atom. The van der Waals surface area contributed by atoms with Crippen molar-refractivity contribution in [3.8, 4) is 0 Å². The molecular formula is C60H98ClN3O10. The summed E-state index contributed by atoms with van der Waals surface area (Å²) in [6.45, 7) is 5.89. The van der Waals surface area contributed by atoms with Gasteiger partial charge in [-0.3, -0.25) is 29.3 Å². The number of ether oxygens (including phenoxy) is 2. The van der Waals surface area contributed by atoms with Gasteiger partial charge in [-0.05, 0) is 167 Å². The molecule has 0 bridgehead atoms. The molecule has 1 heterocycles. The molecule has 10 aliphatic carbocycles. The highest BCUT2D eigenvalue weighted by atomic mass is 35.5. The monoisotopic (exact) mass is 1060 g/mol. The van der Waals surface area contributed by atoms with Crippen molar-refractivity contribution in [1.82, 2.24) is 5.32 Å². The second kappa shape index (κ2) is 28.5. The van der Waals surface area contributed by atoms with E-state index in [4.69, 9.17) is 20.3 Å². The Bertz CT molecular complexity index is 1830. The lowest BCUT2D eigenvalue weighted by atomic mass is 9.81. The summed E-state index contributed by atoms with van der Waals surface area (Å²) in [4.78, 5) is 66.9. The molecule has 420 valence electrons. The third-order valence-electron chi connectivity index (χ3n) is 20.6. The fourth-order valence-corrected chi connectivity index (χ4v) is 17.5. The lowest BCUT2D eigenvalue weighted by molar-refractivity contribution is -0.497. The number of aliphatic carboxylic acids is 1. The van der Waals surface area contributed by atoms with E-state index in [1.54, 1.807) is 13.0 Å². The van der Waals surface area contributed by atoms with Crippen LogP contribution in [0.15, 0.2) is 11.6 Å². The number of carbonyl (C=O) groups is 5. The Morgan fingerprint density at radius 1 is 0.622 bits per heavy atom. The predicted octanol–water partition coefficient (Wildman–Crippen LogP) is 12.6. The van der Waals surface area contributed by atoms with Gasteiger partial charge in [0.1, 0.15) is 5.78 Å². The molecule has 14 heteroatoms. The van der Waals surface area contributed by atoms with E-state index in [2.05, 4.69) is 5.32 Å². The number of carboxylic acids is 1. The van der Waals surface area contributed by atoms with Crippen LogP contribution in [0.3, 0.4) is 0 Å². The SMILES string of the molecule is CCOC(=O)C=C1C[C@H]2CCCC[C@@H]2C1.CCOC(=O)CC1(C[N+](=O)[O-])C[C@H]2CCCC[C@@H]2C1.Cl.NCC1(CC(=O)O)C[C@H]2CCCC[C@@H]2C1.O=C1CC2(CN1)C[C@H]1CCCC[C@@H]1C2.O=C1C[C@H]2CCCC[C@@H]2C1. The second-order valence-electron chi connectivity index (χ2n) is 25.9. The minimum atomic E-state index is -0.681. The molecule has 4 N–H and O–H groups in total. The van der Waals surface area contributed by atoms with Crippen LogP contribution in [-0.2, 0) is 33.4 Å². The molecule has 74 heavy (non-hydrogen) atoms. The van der Waals surface area contributed by atoms with Gasteiger partial charge in [-0.15, -0.1) is 12.4 Å². The largest absolute Gasteiger partial charge is 0.481 e. The summed E-state index contributed by atoms with van der Waals surface area (Å²) in [6.07, 6.45) is 40.3. The molecule has 0 unspecified atom stereocenters. The first kappa shape index (κ1) is 60.2. The number of ketones is 1. The lowest BCUT2D eigenvalue weighted by Crippen LogP contribution is -2.31. The number of nitro groups is 1. The van der Waals surface area contributed by atoms with Gasteiger partial charge >= 0.3 is 17.9 Å². The molecule has 0 aromatic rings. The standard InChI is InChI=1S/C14H23NO4.C13H20O2.C12H21NO2.C12H19NO.C9H14O.ClH/c1-2-19-13(16)9-14(10-15(17)18)7-11-5-3-4-6-12(11)8-14;1-2-15-13(14)9-10-7-11-5-3-4-6-12(11)8-10;13-8-12(7-11(14)15)5-9-3-1-2-4-10(9)6-12;14-11-7-12(8-13-11)5-9-3-1-2-4-10(9)6-12;10-9-5-7-3-1-2-4-8(7)6-9;/h11-12H,2-10H2,1H3;9,11-12H,2-8H2,1H3;9-10H,1-8,13H2,(H,14,15);9-10H,1-8H2,(H,13,14);7-8H,1-6H2;1H/t2*11-,12-;2*9-,10-;7-,8-;/m11111./s1. The topological polar surface area (TPSA) is 205 Å². The summed E-state index contributed by atoms with van der Waals surface area (Å²) in [6, 6.07) is 0. The third kappa shape index (κ3) is 17.0. The van der Waals surface area contributed by atoms with Crippen LogP contribution in [0.5, 0.6) is 0 Å². The van der Waals surface area contributed by atoms with E-state index in [1.165, 1.54) is 147 Å². The number of nitrogens with two attached hydrogens (primary N) is 1. The van der Waals surface area contributed by atoms with E-state index in [1.807, 2.05) is 6.92 Å². The number of carbonyl (C=O) groups excluding carboxylic acids is 4. The maximum atomic E-state index is 11.7. The highest BCUT2D eigenvalue weighted by Gasteiger charge is 2.51. The number of fused-ring (bicyclic) bond motifs is 5. The van der Waals surface area contributed by atoms with E-state index in [9.17, 15) is 34.1 Å². The summed E-state index contributed by atoms with van der Waals surface area (Å²) < 4.78 is 9.94.